The lowest BCUT2D eigenvalue weighted by atomic mass is 10.0. The molecule has 0 spiro atoms. The van der Waals surface area contributed by atoms with Gasteiger partial charge in [0.2, 0.25) is 5.91 Å². The van der Waals surface area contributed by atoms with Crippen molar-refractivity contribution in [1.29, 1.82) is 0 Å². The summed E-state index contributed by atoms with van der Waals surface area (Å²) in [5.74, 6) is 2.04. The number of nitrogens with zero attached hydrogens (tertiary/aromatic N) is 4. The average Bonchev–Trinajstić information content (AvgIpc) is 3.49. The molecule has 1 aromatic heterocycles. The van der Waals surface area contributed by atoms with Gasteiger partial charge in [0.15, 0.2) is 11.0 Å². The zero-order valence-electron chi connectivity index (χ0n) is 17.9. The Labute approximate surface area is 192 Å². The molecule has 5 rings (SSSR count). The van der Waals surface area contributed by atoms with Crippen molar-refractivity contribution in [3.05, 3.63) is 66.0 Å². The van der Waals surface area contributed by atoms with Crippen LogP contribution in [0.15, 0.2) is 59.8 Å². The maximum absolute atomic E-state index is 12.8. The first-order valence-electron chi connectivity index (χ1n) is 11.1. The van der Waals surface area contributed by atoms with Gasteiger partial charge in [0.05, 0.1) is 24.9 Å². The SMILES string of the molecule is O=C(CSc1nnc(CN2CCCC2)n1-c1ccccc1)N[C@@H]1CCOc2ccccc21. The first-order valence-corrected chi connectivity index (χ1v) is 12.1. The fourth-order valence-electron chi connectivity index (χ4n) is 4.33. The normalized spacial score (nSPS) is 18.2. The van der Waals surface area contributed by atoms with Crippen LogP contribution >= 0.6 is 11.8 Å². The molecule has 0 bridgehead atoms. The Kier molecular flexibility index (Phi) is 6.41. The lowest BCUT2D eigenvalue weighted by Gasteiger charge is -2.26. The lowest BCUT2D eigenvalue weighted by molar-refractivity contribution is -0.119. The molecule has 166 valence electrons. The molecule has 1 saturated heterocycles. The summed E-state index contributed by atoms with van der Waals surface area (Å²) in [5, 5.41) is 12.8. The highest BCUT2D eigenvalue weighted by Crippen LogP contribution is 2.32. The van der Waals surface area contributed by atoms with E-state index in [1.165, 1.54) is 24.6 Å². The maximum Gasteiger partial charge on any atom is 0.230 e. The van der Waals surface area contributed by atoms with Crippen LogP contribution < -0.4 is 10.1 Å². The van der Waals surface area contributed by atoms with Crippen LogP contribution in [0.25, 0.3) is 5.69 Å². The third-order valence-corrected chi connectivity index (χ3v) is 6.83. The number of benzene rings is 2. The van der Waals surface area contributed by atoms with Gasteiger partial charge in [-0.15, -0.1) is 10.2 Å². The highest BCUT2D eigenvalue weighted by Gasteiger charge is 2.24. The molecule has 0 saturated carbocycles. The van der Waals surface area contributed by atoms with Gasteiger partial charge < -0.3 is 10.1 Å². The van der Waals surface area contributed by atoms with E-state index in [1.54, 1.807) is 0 Å². The molecular weight excluding hydrogens is 422 g/mol. The van der Waals surface area contributed by atoms with E-state index in [-0.39, 0.29) is 17.7 Å². The second kappa shape index (κ2) is 9.75. The van der Waals surface area contributed by atoms with Crippen molar-refractivity contribution in [3.8, 4) is 11.4 Å². The molecule has 8 heteroatoms. The molecule has 3 aromatic rings. The molecule has 1 amide bonds. The smallest absolute Gasteiger partial charge is 0.230 e. The average molecular weight is 450 g/mol. The molecule has 1 fully saturated rings. The molecule has 32 heavy (non-hydrogen) atoms. The number of amides is 1. The first kappa shape index (κ1) is 21.0. The van der Waals surface area contributed by atoms with Crippen LogP contribution in [0.3, 0.4) is 0 Å². The lowest BCUT2D eigenvalue weighted by Crippen LogP contribution is -2.33. The highest BCUT2D eigenvalue weighted by molar-refractivity contribution is 7.99. The van der Waals surface area contributed by atoms with Gasteiger partial charge in [-0.2, -0.15) is 0 Å². The van der Waals surface area contributed by atoms with Crippen LogP contribution in [-0.4, -0.2) is 51.0 Å². The Hall–Kier alpha value is -2.84. The van der Waals surface area contributed by atoms with Crippen LogP contribution in [-0.2, 0) is 11.3 Å². The van der Waals surface area contributed by atoms with Gasteiger partial charge in [-0.3, -0.25) is 14.3 Å². The number of thioether (sulfide) groups is 1. The van der Waals surface area contributed by atoms with Gasteiger partial charge in [0, 0.05) is 17.7 Å². The van der Waals surface area contributed by atoms with E-state index in [0.717, 1.165) is 54.0 Å². The van der Waals surface area contributed by atoms with Crippen molar-refractivity contribution in [3.63, 3.8) is 0 Å². The van der Waals surface area contributed by atoms with Crippen molar-refractivity contribution in [2.45, 2.75) is 37.0 Å². The maximum atomic E-state index is 12.8. The summed E-state index contributed by atoms with van der Waals surface area (Å²) in [6, 6.07) is 18.0. The molecule has 2 aliphatic rings. The van der Waals surface area contributed by atoms with Gasteiger partial charge in [-0.25, -0.2) is 0 Å². The van der Waals surface area contributed by atoms with Crippen molar-refractivity contribution < 1.29 is 9.53 Å². The second-order valence-corrected chi connectivity index (χ2v) is 9.08. The minimum Gasteiger partial charge on any atom is -0.493 e. The number of rotatable bonds is 7. The van der Waals surface area contributed by atoms with E-state index in [2.05, 4.69) is 37.1 Å². The third-order valence-electron chi connectivity index (χ3n) is 5.90. The number of likely N-dealkylation sites (tertiary alicyclic amines) is 1. The van der Waals surface area contributed by atoms with Crippen molar-refractivity contribution >= 4 is 17.7 Å². The van der Waals surface area contributed by atoms with Crippen molar-refractivity contribution in [2.24, 2.45) is 0 Å². The fourth-order valence-corrected chi connectivity index (χ4v) is 5.11. The Bertz CT molecular complexity index is 1070. The van der Waals surface area contributed by atoms with E-state index in [9.17, 15) is 4.79 Å². The molecule has 0 radical (unpaired) electrons. The topological polar surface area (TPSA) is 72.3 Å². The van der Waals surface area contributed by atoms with E-state index < -0.39 is 0 Å². The number of hydrogen-bond donors (Lipinski definition) is 1. The van der Waals surface area contributed by atoms with Crippen LogP contribution in [0.5, 0.6) is 5.75 Å². The van der Waals surface area contributed by atoms with Crippen molar-refractivity contribution in [1.82, 2.24) is 25.0 Å². The minimum absolute atomic E-state index is 0.0135. The number of aromatic nitrogens is 3. The van der Waals surface area contributed by atoms with Crippen LogP contribution in [0.2, 0.25) is 0 Å². The Morgan fingerprint density at radius 2 is 1.84 bits per heavy atom. The number of carbonyl (C=O) groups excluding carboxylic acids is 1. The molecule has 7 nitrogen and oxygen atoms in total. The molecule has 1 N–H and O–H groups in total. The van der Waals surface area contributed by atoms with Crippen molar-refractivity contribution in [2.75, 3.05) is 25.4 Å². The summed E-state index contributed by atoms with van der Waals surface area (Å²) >= 11 is 1.43. The quantitative estimate of drug-likeness (QED) is 0.556. The van der Waals surface area contributed by atoms with Crippen LogP contribution in [0, 0.1) is 0 Å². The Balaban J connectivity index is 1.29. The van der Waals surface area contributed by atoms with E-state index in [0.29, 0.717) is 6.61 Å². The third kappa shape index (κ3) is 4.66. The molecule has 1 atom stereocenters. The Morgan fingerprint density at radius 3 is 2.69 bits per heavy atom. The summed E-state index contributed by atoms with van der Waals surface area (Å²) in [5.41, 5.74) is 2.06. The minimum atomic E-state index is -0.0224. The summed E-state index contributed by atoms with van der Waals surface area (Å²) in [7, 11) is 0. The Morgan fingerprint density at radius 1 is 1.06 bits per heavy atom. The molecule has 0 unspecified atom stereocenters. The summed E-state index contributed by atoms with van der Waals surface area (Å²) < 4.78 is 7.79. The first-order chi connectivity index (χ1) is 15.8. The number of para-hydroxylation sites is 2. The second-order valence-electron chi connectivity index (χ2n) is 8.14. The summed E-state index contributed by atoms with van der Waals surface area (Å²) in [6.07, 6.45) is 3.24. The van der Waals surface area contributed by atoms with Gasteiger partial charge in [0.1, 0.15) is 5.75 Å². The zero-order valence-corrected chi connectivity index (χ0v) is 18.8. The standard InChI is InChI=1S/C24H27N5O2S/c30-23(25-20-12-15-31-21-11-5-4-10-19(20)21)17-32-24-27-26-22(16-28-13-6-7-14-28)29(24)18-8-2-1-3-9-18/h1-5,8-11,20H,6-7,12-17H2,(H,25,30)/t20-/m1/s1. The largest absolute Gasteiger partial charge is 0.493 e. The zero-order chi connectivity index (χ0) is 21.8. The monoisotopic (exact) mass is 449 g/mol. The van der Waals surface area contributed by atoms with E-state index in [4.69, 9.17) is 4.74 Å². The highest BCUT2D eigenvalue weighted by atomic mass is 32.2. The molecule has 2 aromatic carbocycles. The number of hydrogen-bond acceptors (Lipinski definition) is 6. The fraction of sp³-hybridized carbons (Fsp3) is 0.375. The molecule has 0 aliphatic carbocycles. The number of carbonyl (C=O) groups is 1. The molecule has 2 aliphatic heterocycles. The summed E-state index contributed by atoms with van der Waals surface area (Å²) in [4.78, 5) is 15.2. The number of nitrogens with one attached hydrogen (secondary N) is 1. The van der Waals surface area contributed by atoms with Crippen LogP contribution in [0.4, 0.5) is 0 Å². The van der Waals surface area contributed by atoms with Gasteiger partial charge in [0.25, 0.3) is 0 Å². The molecular formula is C24H27N5O2S. The predicted octanol–water partition coefficient (Wildman–Crippen LogP) is 3.60. The number of fused-ring (bicyclic) bond motifs is 1. The van der Waals surface area contributed by atoms with Crippen LogP contribution in [0.1, 0.15) is 36.7 Å². The van der Waals surface area contributed by atoms with Gasteiger partial charge >= 0.3 is 0 Å². The van der Waals surface area contributed by atoms with E-state index in [1.807, 2.05) is 42.5 Å². The summed E-state index contributed by atoms with van der Waals surface area (Å²) in [6.45, 7) is 3.57. The number of ether oxygens (including phenoxy) is 1. The molecule has 3 heterocycles. The van der Waals surface area contributed by atoms with E-state index >= 15 is 0 Å². The van der Waals surface area contributed by atoms with Gasteiger partial charge in [-0.05, 0) is 44.1 Å². The predicted molar refractivity (Wildman–Crippen MR) is 124 cm³/mol. The van der Waals surface area contributed by atoms with Gasteiger partial charge in [-0.1, -0.05) is 48.2 Å².